The Kier molecular flexibility index (Phi) is 8.92. The molecule has 1 aliphatic carbocycles. The second-order valence-electron chi connectivity index (χ2n) is 12.4. The molecule has 8 bridgehead atoms. The van der Waals surface area contributed by atoms with Crippen LogP contribution >= 0.6 is 0 Å². The Hall–Kier alpha value is -3.92. The van der Waals surface area contributed by atoms with Gasteiger partial charge in [-0.3, -0.25) is 0 Å². The molecular weight excluding hydrogens is 524 g/mol. The second-order valence-corrected chi connectivity index (χ2v) is 12.4. The summed E-state index contributed by atoms with van der Waals surface area (Å²) in [7, 11) is 0. The van der Waals surface area contributed by atoms with Gasteiger partial charge in [0.2, 0.25) is 0 Å². The van der Waals surface area contributed by atoms with E-state index in [2.05, 4.69) is 104 Å². The normalized spacial score (nSPS) is 15.0. The van der Waals surface area contributed by atoms with Crippen LogP contribution in [0.5, 0.6) is 0 Å². The van der Waals surface area contributed by atoms with Gasteiger partial charge in [0, 0.05) is 33.5 Å². The smallest absolute Gasteiger partial charge is 0.0694 e. The van der Waals surface area contributed by atoms with E-state index >= 15 is 0 Å². The third-order valence-corrected chi connectivity index (χ3v) is 9.27. The summed E-state index contributed by atoms with van der Waals surface area (Å²) in [6.45, 7) is 9.06. The number of rotatable bonds is 11. The molecule has 0 amide bonds. The lowest BCUT2D eigenvalue weighted by Crippen LogP contribution is -1.91. The van der Waals surface area contributed by atoms with Crippen molar-refractivity contribution in [2.24, 2.45) is 0 Å². The fraction of sp³-hybridized carbons (Fsp3) is 0.385. The van der Waals surface area contributed by atoms with Crippen molar-refractivity contribution in [2.45, 2.75) is 97.8 Å². The van der Waals surface area contributed by atoms with E-state index in [1.165, 1.54) is 79.2 Å². The minimum absolute atomic E-state index is 0.215. The molecule has 0 saturated heterocycles. The molecule has 2 aliphatic heterocycles. The van der Waals surface area contributed by atoms with Crippen molar-refractivity contribution in [2.75, 3.05) is 0 Å². The number of nitrogens with one attached hydrogen (secondary N) is 2. The van der Waals surface area contributed by atoms with Gasteiger partial charge >= 0.3 is 0 Å². The Morgan fingerprint density at radius 1 is 0.581 bits per heavy atom. The van der Waals surface area contributed by atoms with Gasteiger partial charge in [-0.1, -0.05) is 76.7 Å². The Morgan fingerprint density at radius 3 is 1.53 bits per heavy atom. The number of fused-ring (bicyclic) bond motifs is 8. The number of H-pyrrole nitrogens is 2. The van der Waals surface area contributed by atoms with Gasteiger partial charge in [0.1, 0.15) is 0 Å². The van der Waals surface area contributed by atoms with E-state index in [-0.39, 0.29) is 5.92 Å². The van der Waals surface area contributed by atoms with Gasteiger partial charge in [0.05, 0.1) is 22.8 Å². The predicted octanol–water partition coefficient (Wildman–Crippen LogP) is 11.3. The summed E-state index contributed by atoms with van der Waals surface area (Å²) in [5, 5.41) is 0. The molecule has 0 unspecified atom stereocenters. The molecule has 0 atom stereocenters. The first-order valence-corrected chi connectivity index (χ1v) is 16.5. The number of unbranched alkanes of at least 4 members (excludes halogenated alkanes) is 6. The van der Waals surface area contributed by atoms with Gasteiger partial charge in [-0.05, 0) is 104 Å². The van der Waals surface area contributed by atoms with E-state index < -0.39 is 0 Å². The molecule has 0 spiro atoms. The number of aromatic nitrogens is 4. The molecule has 0 saturated carbocycles. The minimum atomic E-state index is 0.215. The number of allylic oxidation sites excluding steroid dienone is 8. The van der Waals surface area contributed by atoms with Crippen LogP contribution in [0.3, 0.4) is 0 Å². The van der Waals surface area contributed by atoms with Crippen LogP contribution in [0.1, 0.15) is 126 Å². The summed E-state index contributed by atoms with van der Waals surface area (Å²) >= 11 is 0. The van der Waals surface area contributed by atoms with Crippen molar-refractivity contribution in [1.29, 1.82) is 0 Å². The predicted molar refractivity (Wildman–Crippen MR) is 185 cm³/mol. The molecule has 6 rings (SSSR count). The van der Waals surface area contributed by atoms with Gasteiger partial charge in [-0.2, -0.15) is 0 Å². The molecule has 3 aromatic rings. The van der Waals surface area contributed by atoms with Gasteiger partial charge in [-0.25, -0.2) is 9.97 Å². The molecule has 0 fully saturated rings. The number of hydrogen-bond donors (Lipinski definition) is 2. The van der Waals surface area contributed by atoms with Crippen molar-refractivity contribution in [3.05, 3.63) is 95.1 Å². The molecule has 3 aliphatic rings. The third kappa shape index (κ3) is 6.25. The molecule has 43 heavy (non-hydrogen) atoms. The van der Waals surface area contributed by atoms with Crippen LogP contribution in [-0.2, 0) is 0 Å². The Balaban J connectivity index is 1.58. The topological polar surface area (TPSA) is 57.4 Å². The SMILES string of the molecule is CCCCCCC1=C(C)c2cc3ccc([nH]3)c(C3C=CC=C3)c3ccc(cc4nc(cc1n2)C(CCCCCC)=C4C)[nH]3. The van der Waals surface area contributed by atoms with Crippen LogP contribution in [0.2, 0.25) is 0 Å². The zero-order valence-corrected chi connectivity index (χ0v) is 26.4. The van der Waals surface area contributed by atoms with Gasteiger partial charge in [0.25, 0.3) is 0 Å². The maximum atomic E-state index is 5.28. The van der Waals surface area contributed by atoms with Crippen LogP contribution in [0.4, 0.5) is 0 Å². The fourth-order valence-corrected chi connectivity index (χ4v) is 6.72. The maximum Gasteiger partial charge on any atom is 0.0694 e. The number of nitrogens with zero attached hydrogens (tertiary/aromatic N) is 2. The standard InChI is InChI=1S/C39H46N4/c1-5-7-9-11-17-31-26(3)35-23-29-19-21-33(40-29)39(28-15-13-14-16-28)34-22-20-30(41-34)24-36-27(4)32(18-12-10-8-6-2)38(43-36)25-37(31)42-35/h13-16,19-25,28,40-41H,5-12,17-18H2,1-4H3. The Labute approximate surface area is 256 Å². The summed E-state index contributed by atoms with van der Waals surface area (Å²) < 4.78 is 0. The maximum absolute atomic E-state index is 5.28. The summed E-state index contributed by atoms with van der Waals surface area (Å²) in [4.78, 5) is 18.0. The summed E-state index contributed by atoms with van der Waals surface area (Å²) in [5.41, 5.74) is 15.3. The highest BCUT2D eigenvalue weighted by Crippen LogP contribution is 2.38. The first-order valence-electron chi connectivity index (χ1n) is 16.5. The van der Waals surface area contributed by atoms with Crippen LogP contribution in [0.15, 0.2) is 66.8 Å². The minimum Gasteiger partial charge on any atom is -0.355 e. The first kappa shape index (κ1) is 29.2. The largest absolute Gasteiger partial charge is 0.355 e. The van der Waals surface area contributed by atoms with E-state index in [0.717, 1.165) is 57.7 Å². The van der Waals surface area contributed by atoms with Crippen molar-refractivity contribution in [3.8, 4) is 0 Å². The van der Waals surface area contributed by atoms with Crippen molar-refractivity contribution < 1.29 is 0 Å². The molecule has 3 aromatic heterocycles. The van der Waals surface area contributed by atoms with Crippen molar-refractivity contribution in [1.82, 2.24) is 19.9 Å². The van der Waals surface area contributed by atoms with Crippen molar-refractivity contribution >= 4 is 44.4 Å². The Bertz CT molecular complexity index is 1650. The first-order chi connectivity index (χ1) is 21.1. The highest BCUT2D eigenvalue weighted by Gasteiger charge is 2.21. The van der Waals surface area contributed by atoms with E-state index in [1.54, 1.807) is 0 Å². The summed E-state index contributed by atoms with van der Waals surface area (Å²) in [6.07, 6.45) is 20.9. The number of aromatic amines is 2. The highest BCUT2D eigenvalue weighted by molar-refractivity contribution is 5.95. The lowest BCUT2D eigenvalue weighted by atomic mass is 9.97. The van der Waals surface area contributed by atoms with Crippen molar-refractivity contribution in [3.63, 3.8) is 0 Å². The zero-order valence-electron chi connectivity index (χ0n) is 26.4. The van der Waals surface area contributed by atoms with Gasteiger partial charge < -0.3 is 9.97 Å². The average Bonchev–Trinajstić information content (AvgIpc) is 3.84. The molecule has 5 heterocycles. The summed E-state index contributed by atoms with van der Waals surface area (Å²) in [5.74, 6) is 0.215. The molecule has 222 valence electrons. The van der Waals surface area contributed by atoms with E-state index in [9.17, 15) is 0 Å². The average molecular weight is 571 g/mol. The third-order valence-electron chi connectivity index (χ3n) is 9.27. The number of hydrogen-bond acceptors (Lipinski definition) is 2. The molecule has 2 N–H and O–H groups in total. The molecule has 0 radical (unpaired) electrons. The quantitative estimate of drug-likeness (QED) is 0.225. The van der Waals surface area contributed by atoms with Crippen LogP contribution in [0, 0.1) is 0 Å². The van der Waals surface area contributed by atoms with E-state index in [0.29, 0.717) is 0 Å². The van der Waals surface area contributed by atoms with Crippen LogP contribution < -0.4 is 0 Å². The highest BCUT2D eigenvalue weighted by atomic mass is 14.8. The second kappa shape index (κ2) is 13.2. The Morgan fingerprint density at radius 2 is 1.07 bits per heavy atom. The van der Waals surface area contributed by atoms with Crippen LogP contribution in [0.25, 0.3) is 44.4 Å². The van der Waals surface area contributed by atoms with Crippen LogP contribution in [-0.4, -0.2) is 19.9 Å². The molecule has 4 nitrogen and oxygen atoms in total. The molecule has 0 aromatic carbocycles. The lowest BCUT2D eigenvalue weighted by molar-refractivity contribution is 0.678. The lowest BCUT2D eigenvalue weighted by Gasteiger charge is -2.07. The molecule has 4 heteroatoms. The monoisotopic (exact) mass is 570 g/mol. The van der Waals surface area contributed by atoms with Gasteiger partial charge in [0.15, 0.2) is 0 Å². The fourth-order valence-electron chi connectivity index (χ4n) is 6.72. The van der Waals surface area contributed by atoms with Gasteiger partial charge in [-0.15, -0.1) is 0 Å². The summed E-state index contributed by atoms with van der Waals surface area (Å²) in [6, 6.07) is 15.5. The van der Waals surface area contributed by atoms with E-state index in [1.807, 2.05) is 0 Å². The molecular formula is C39H46N4. The zero-order chi connectivity index (χ0) is 29.8. The van der Waals surface area contributed by atoms with E-state index in [4.69, 9.17) is 9.97 Å².